The number of ether oxygens (including phenoxy) is 1. The zero-order valence-electron chi connectivity index (χ0n) is 28.3. The Balaban J connectivity index is 1.05. The Morgan fingerprint density at radius 2 is 1.85 bits per heavy atom. The first-order valence-electron chi connectivity index (χ1n) is 18.4. The monoisotopic (exact) mass is 690 g/mol. The van der Waals surface area contributed by atoms with Crippen LogP contribution >= 0.6 is 11.3 Å². The summed E-state index contributed by atoms with van der Waals surface area (Å²) in [6.45, 7) is 6.48. The molecule has 1 aromatic carbocycles. The number of aromatic nitrogens is 2. The first-order chi connectivity index (χ1) is 23.2. The molecule has 5 unspecified atom stereocenters. The van der Waals surface area contributed by atoms with Gasteiger partial charge in [0.15, 0.2) is 0 Å². The molecule has 7 aliphatic rings. The highest BCUT2D eigenvalue weighted by Gasteiger charge is 2.57. The molecule has 6 atom stereocenters. The zero-order chi connectivity index (χ0) is 32.6. The number of aryl methyl sites for hydroxylation is 2. The van der Waals surface area contributed by atoms with E-state index in [1.807, 2.05) is 6.20 Å². The van der Waals surface area contributed by atoms with Crippen molar-refractivity contribution >= 4 is 31.7 Å². The van der Waals surface area contributed by atoms with Gasteiger partial charge in [0.2, 0.25) is 10.0 Å². The standard InChI is InChI=1S/C37H50N6O3S2/c1-22-5-3-6-23(2)34(22)30-13-33-41-36(40-30)42-48(44,45)29-8-4-7-24(11-29)19-43(28(21-46-33)17-37-14-25(15-37)16-37)20-27-18-38-35-31(39-27)12-32(47-35)26-9-10-26/h3,5-6,12,18,24-26,28-30,33,36,40-42H,4,7-11,13-17,19-21H2,1-2H3/t24?,25?,28-,29?,30?,33?,36?,37?/m1/s1. The third kappa shape index (κ3) is 6.26. The lowest BCUT2D eigenvalue weighted by atomic mass is 9.43. The Bertz CT molecular complexity index is 1760. The second-order valence-electron chi connectivity index (χ2n) is 16.2. The minimum atomic E-state index is -3.57. The fraction of sp³-hybridized carbons (Fsp3) is 0.676. The van der Waals surface area contributed by atoms with Crippen LogP contribution in [-0.2, 0) is 21.3 Å². The number of rotatable bonds is 6. The van der Waals surface area contributed by atoms with Crippen LogP contribution < -0.4 is 15.4 Å². The van der Waals surface area contributed by atoms with Crippen molar-refractivity contribution in [1.29, 1.82) is 0 Å². The van der Waals surface area contributed by atoms with E-state index in [9.17, 15) is 8.42 Å². The first-order valence-corrected chi connectivity index (χ1v) is 20.8. The number of hydrogen-bond acceptors (Lipinski definition) is 9. The van der Waals surface area contributed by atoms with E-state index in [1.165, 1.54) is 53.7 Å². The number of fused-ring (bicyclic) bond motifs is 5. The smallest absolute Gasteiger partial charge is 0.216 e. The van der Waals surface area contributed by atoms with E-state index in [0.717, 1.165) is 54.2 Å². The van der Waals surface area contributed by atoms with E-state index in [1.54, 1.807) is 11.3 Å². The molecule has 7 fully saturated rings. The van der Waals surface area contributed by atoms with Crippen LogP contribution in [0, 0.1) is 31.1 Å². The van der Waals surface area contributed by atoms with Gasteiger partial charge in [-0.1, -0.05) is 24.6 Å². The van der Waals surface area contributed by atoms with E-state index in [0.29, 0.717) is 43.2 Å². The zero-order valence-corrected chi connectivity index (χ0v) is 29.9. The Labute approximate surface area is 289 Å². The highest BCUT2D eigenvalue weighted by molar-refractivity contribution is 7.90. The van der Waals surface area contributed by atoms with E-state index < -0.39 is 21.6 Å². The molecule has 0 spiro atoms. The normalized spacial score (nSPS) is 36.7. The number of thiophene rings is 1. The van der Waals surface area contributed by atoms with Gasteiger partial charge in [-0.25, -0.2) is 18.4 Å². The largest absolute Gasteiger partial charge is 0.362 e. The number of sulfonamides is 1. The molecule has 258 valence electrons. The fourth-order valence-corrected chi connectivity index (χ4v) is 12.6. The molecule has 3 N–H and O–H groups in total. The summed E-state index contributed by atoms with van der Waals surface area (Å²) in [6, 6.07) is 8.85. The lowest BCUT2D eigenvalue weighted by Crippen LogP contribution is -2.64. The predicted molar refractivity (Wildman–Crippen MR) is 189 cm³/mol. The molecule has 0 radical (unpaired) electrons. The molecule has 48 heavy (non-hydrogen) atoms. The lowest BCUT2D eigenvalue weighted by Gasteiger charge is -2.63. The summed E-state index contributed by atoms with van der Waals surface area (Å²) in [5.41, 5.74) is 6.13. The summed E-state index contributed by atoms with van der Waals surface area (Å²) in [5, 5.41) is 6.73. The van der Waals surface area contributed by atoms with E-state index in [4.69, 9.17) is 14.7 Å². The summed E-state index contributed by atoms with van der Waals surface area (Å²) in [6.07, 6.45) is 12.9. The summed E-state index contributed by atoms with van der Waals surface area (Å²) < 4.78 is 37.9. The van der Waals surface area contributed by atoms with Crippen LogP contribution in [0.3, 0.4) is 0 Å². The molecule has 2 saturated heterocycles. The van der Waals surface area contributed by atoms with Crippen LogP contribution in [0.1, 0.15) is 110 Å². The fourth-order valence-electron chi connectivity index (χ4n) is 9.83. The van der Waals surface area contributed by atoms with Gasteiger partial charge in [-0.05, 0) is 118 Å². The Morgan fingerprint density at radius 3 is 2.60 bits per heavy atom. The van der Waals surface area contributed by atoms with Crippen LogP contribution in [0.25, 0.3) is 10.3 Å². The van der Waals surface area contributed by atoms with Gasteiger partial charge in [-0.15, -0.1) is 11.3 Å². The Hall–Kier alpha value is -1.99. The summed E-state index contributed by atoms with van der Waals surface area (Å²) >= 11 is 1.80. The minimum absolute atomic E-state index is 0.0327. The van der Waals surface area contributed by atoms with Crippen molar-refractivity contribution in [3.63, 3.8) is 0 Å². The number of nitrogens with one attached hydrogen (secondary N) is 3. The molecule has 11 heteroatoms. The highest BCUT2D eigenvalue weighted by atomic mass is 32.2. The molecule has 2 aromatic heterocycles. The van der Waals surface area contributed by atoms with Gasteiger partial charge in [0.05, 0.1) is 23.7 Å². The van der Waals surface area contributed by atoms with E-state index in [-0.39, 0.29) is 18.3 Å². The maximum atomic E-state index is 14.0. The third-order valence-corrected chi connectivity index (χ3v) is 15.6. The second-order valence-corrected chi connectivity index (χ2v) is 19.3. The third-order valence-electron chi connectivity index (χ3n) is 12.5. The molecule has 9 nitrogen and oxygen atoms in total. The molecule has 3 aromatic rings. The Morgan fingerprint density at radius 1 is 1.04 bits per heavy atom. The molecule has 0 amide bonds. The van der Waals surface area contributed by atoms with Crippen molar-refractivity contribution in [2.24, 2.45) is 17.3 Å². The van der Waals surface area contributed by atoms with Gasteiger partial charge in [0.25, 0.3) is 0 Å². The maximum Gasteiger partial charge on any atom is 0.216 e. The van der Waals surface area contributed by atoms with Gasteiger partial charge < -0.3 is 4.74 Å². The van der Waals surface area contributed by atoms with Crippen LogP contribution in [-0.4, -0.2) is 60.2 Å². The average molecular weight is 691 g/mol. The molecule has 4 heterocycles. The van der Waals surface area contributed by atoms with Crippen LogP contribution in [0.5, 0.6) is 0 Å². The van der Waals surface area contributed by atoms with Crippen LogP contribution in [0.15, 0.2) is 30.5 Å². The molecule has 5 aliphatic carbocycles. The van der Waals surface area contributed by atoms with Crippen molar-refractivity contribution in [3.05, 3.63) is 57.7 Å². The molecule has 2 aliphatic heterocycles. The lowest BCUT2D eigenvalue weighted by molar-refractivity contribution is -0.139. The molecule has 10 rings (SSSR count). The van der Waals surface area contributed by atoms with Gasteiger partial charge in [0, 0.05) is 36.5 Å². The SMILES string of the molecule is Cc1cccc(C)c1C1CC2NC(N1)NS(=O)(=O)C1CCCC(C1)CN(Cc1cnc3sc(C4CC4)cc3n1)[C@H](CC13CC(C1)C3)CO2. The van der Waals surface area contributed by atoms with Gasteiger partial charge in [0.1, 0.15) is 22.9 Å². The number of hydrogen-bond donors (Lipinski definition) is 3. The van der Waals surface area contributed by atoms with Gasteiger partial charge in [-0.2, -0.15) is 4.72 Å². The number of benzene rings is 1. The molecule has 5 saturated carbocycles. The van der Waals surface area contributed by atoms with Gasteiger partial charge >= 0.3 is 0 Å². The van der Waals surface area contributed by atoms with Gasteiger partial charge in [-0.3, -0.25) is 15.5 Å². The Kier molecular flexibility index (Phi) is 8.22. The molecular formula is C37H50N6O3S2. The van der Waals surface area contributed by atoms with Crippen LogP contribution in [0.4, 0.5) is 0 Å². The predicted octanol–water partition coefficient (Wildman–Crippen LogP) is 5.99. The highest BCUT2D eigenvalue weighted by Crippen LogP contribution is 2.67. The van der Waals surface area contributed by atoms with E-state index >= 15 is 0 Å². The second kappa shape index (κ2) is 12.4. The topological polar surface area (TPSA) is 108 Å². The maximum absolute atomic E-state index is 14.0. The van der Waals surface area contributed by atoms with Crippen molar-refractivity contribution in [3.8, 4) is 0 Å². The van der Waals surface area contributed by atoms with Crippen molar-refractivity contribution < 1.29 is 13.2 Å². The average Bonchev–Trinajstić information content (AvgIpc) is 3.78. The molecular weight excluding hydrogens is 641 g/mol. The van der Waals surface area contributed by atoms with Crippen molar-refractivity contribution in [1.82, 2.24) is 30.2 Å². The summed E-state index contributed by atoms with van der Waals surface area (Å²) in [4.78, 5) is 15.2. The van der Waals surface area contributed by atoms with Crippen molar-refractivity contribution in [2.75, 3.05) is 13.2 Å². The summed E-state index contributed by atoms with van der Waals surface area (Å²) in [5.74, 6) is 1.92. The summed E-state index contributed by atoms with van der Waals surface area (Å²) in [7, 11) is -3.57. The van der Waals surface area contributed by atoms with Crippen molar-refractivity contribution in [2.45, 2.75) is 127 Å². The quantitative estimate of drug-likeness (QED) is 0.290. The first kappa shape index (κ1) is 32.0. The van der Waals surface area contributed by atoms with Crippen LogP contribution in [0.2, 0.25) is 0 Å². The molecule has 6 bridgehead atoms. The minimum Gasteiger partial charge on any atom is -0.362 e. The number of nitrogens with zero attached hydrogens (tertiary/aromatic N) is 3. The van der Waals surface area contributed by atoms with E-state index in [2.05, 4.69) is 58.4 Å².